The van der Waals surface area contributed by atoms with Crippen molar-refractivity contribution in [2.75, 3.05) is 13.1 Å². The minimum absolute atomic E-state index is 0.302. The Kier molecular flexibility index (Phi) is 3.01. The van der Waals surface area contributed by atoms with Crippen LogP contribution in [0.25, 0.3) is 0 Å². The van der Waals surface area contributed by atoms with E-state index in [2.05, 4.69) is 0 Å². The average Bonchev–Trinajstić information content (AvgIpc) is 2.61. The third kappa shape index (κ3) is 1.89. The Labute approximate surface area is 92.0 Å². The quantitative estimate of drug-likeness (QED) is 0.713. The average molecular weight is 210 g/mol. The van der Waals surface area contributed by atoms with E-state index in [1.807, 2.05) is 11.8 Å². The van der Waals surface area contributed by atoms with Gasteiger partial charge in [-0.3, -0.25) is 4.79 Å². The van der Waals surface area contributed by atoms with Gasteiger partial charge >= 0.3 is 0 Å². The maximum atomic E-state index is 11.5. The summed E-state index contributed by atoms with van der Waals surface area (Å²) in [6.45, 7) is 3.80. The number of piperidine rings is 1. The number of nitrogens with two attached hydrogens (primary N) is 1. The van der Waals surface area contributed by atoms with Crippen LogP contribution in [0.2, 0.25) is 0 Å². The second kappa shape index (κ2) is 4.12. The topological polar surface area (TPSA) is 46.3 Å². The summed E-state index contributed by atoms with van der Waals surface area (Å²) in [4.78, 5) is 13.6. The fraction of sp³-hybridized carbons (Fsp3) is 0.917. The maximum absolute atomic E-state index is 11.5. The van der Waals surface area contributed by atoms with Crippen LogP contribution in [0.3, 0.4) is 0 Å². The van der Waals surface area contributed by atoms with E-state index in [0.717, 1.165) is 25.9 Å². The highest BCUT2D eigenvalue weighted by Gasteiger charge is 2.43. The standard InChI is InChI=1S/C12H22N2O/c1-2-11(15)14-8-6-12(7-9-14)5-3-4-10(12)13/h10H,2-9,13H2,1H3. The van der Waals surface area contributed by atoms with Crippen LogP contribution >= 0.6 is 0 Å². The van der Waals surface area contributed by atoms with Gasteiger partial charge in [-0.05, 0) is 31.1 Å². The Bertz CT molecular complexity index is 244. The van der Waals surface area contributed by atoms with E-state index in [1.54, 1.807) is 0 Å². The van der Waals surface area contributed by atoms with Gasteiger partial charge < -0.3 is 10.6 Å². The number of nitrogens with zero attached hydrogens (tertiary/aromatic N) is 1. The minimum atomic E-state index is 0.302. The molecule has 2 fully saturated rings. The Balaban J connectivity index is 1.94. The molecule has 1 saturated heterocycles. The van der Waals surface area contributed by atoms with E-state index >= 15 is 0 Å². The summed E-state index contributed by atoms with van der Waals surface area (Å²) in [6, 6.07) is 0.386. The van der Waals surface area contributed by atoms with Gasteiger partial charge in [-0.2, -0.15) is 0 Å². The lowest BCUT2D eigenvalue weighted by atomic mass is 9.74. The number of hydrogen-bond donors (Lipinski definition) is 1. The lowest BCUT2D eigenvalue weighted by molar-refractivity contribution is -0.133. The first-order valence-electron chi connectivity index (χ1n) is 6.21. The van der Waals surface area contributed by atoms with Gasteiger partial charge in [0.05, 0.1) is 0 Å². The molecule has 3 nitrogen and oxygen atoms in total. The fourth-order valence-corrected chi connectivity index (χ4v) is 3.21. The van der Waals surface area contributed by atoms with Crippen LogP contribution in [0.5, 0.6) is 0 Å². The third-order valence-corrected chi connectivity index (χ3v) is 4.39. The summed E-state index contributed by atoms with van der Waals surface area (Å²) in [5.41, 5.74) is 6.57. The van der Waals surface area contributed by atoms with Crippen LogP contribution in [0.15, 0.2) is 0 Å². The van der Waals surface area contributed by atoms with Gasteiger partial charge in [-0.15, -0.1) is 0 Å². The second-order valence-corrected chi connectivity index (χ2v) is 5.10. The Morgan fingerprint density at radius 3 is 2.53 bits per heavy atom. The molecule has 3 heteroatoms. The van der Waals surface area contributed by atoms with E-state index in [4.69, 9.17) is 5.73 Å². The molecule has 2 rings (SSSR count). The smallest absolute Gasteiger partial charge is 0.222 e. The van der Waals surface area contributed by atoms with Crippen LogP contribution in [0.1, 0.15) is 45.4 Å². The second-order valence-electron chi connectivity index (χ2n) is 5.10. The number of carbonyl (C=O) groups excluding carboxylic acids is 1. The molecule has 1 aliphatic carbocycles. The molecule has 0 bridgehead atoms. The lowest BCUT2D eigenvalue weighted by Crippen LogP contribution is -2.48. The Morgan fingerprint density at radius 2 is 2.07 bits per heavy atom. The van der Waals surface area contributed by atoms with Gasteiger partial charge in [0, 0.05) is 25.6 Å². The summed E-state index contributed by atoms with van der Waals surface area (Å²) >= 11 is 0. The van der Waals surface area contributed by atoms with E-state index in [-0.39, 0.29) is 0 Å². The number of carbonyl (C=O) groups is 1. The van der Waals surface area contributed by atoms with Gasteiger partial charge in [0.1, 0.15) is 0 Å². The van der Waals surface area contributed by atoms with Crippen LogP contribution in [-0.2, 0) is 4.79 Å². The molecular weight excluding hydrogens is 188 g/mol. The van der Waals surface area contributed by atoms with Crippen molar-refractivity contribution in [3.8, 4) is 0 Å². The van der Waals surface area contributed by atoms with Gasteiger partial charge in [-0.25, -0.2) is 0 Å². The van der Waals surface area contributed by atoms with Gasteiger partial charge in [0.15, 0.2) is 0 Å². The van der Waals surface area contributed by atoms with Gasteiger partial charge in [-0.1, -0.05) is 13.3 Å². The first kappa shape index (κ1) is 10.9. The van der Waals surface area contributed by atoms with Crippen molar-refractivity contribution in [3.05, 3.63) is 0 Å². The zero-order valence-electron chi connectivity index (χ0n) is 9.67. The molecule has 0 aromatic carbocycles. The van der Waals surface area contributed by atoms with Crippen molar-refractivity contribution < 1.29 is 4.79 Å². The summed E-state index contributed by atoms with van der Waals surface area (Å²) in [7, 11) is 0. The first-order chi connectivity index (χ1) is 7.18. The highest BCUT2D eigenvalue weighted by atomic mass is 16.2. The van der Waals surface area contributed by atoms with Crippen molar-refractivity contribution in [3.63, 3.8) is 0 Å². The van der Waals surface area contributed by atoms with Crippen molar-refractivity contribution in [1.82, 2.24) is 4.90 Å². The summed E-state index contributed by atoms with van der Waals surface area (Å²) in [5, 5.41) is 0. The van der Waals surface area contributed by atoms with Crippen molar-refractivity contribution in [2.45, 2.75) is 51.5 Å². The predicted molar refractivity (Wildman–Crippen MR) is 60.4 cm³/mol. The number of hydrogen-bond acceptors (Lipinski definition) is 2. The highest BCUT2D eigenvalue weighted by Crippen LogP contribution is 2.45. The SMILES string of the molecule is CCC(=O)N1CCC2(CCCC2N)CC1. The molecular formula is C12H22N2O. The maximum Gasteiger partial charge on any atom is 0.222 e. The lowest BCUT2D eigenvalue weighted by Gasteiger charge is -2.42. The Hall–Kier alpha value is -0.570. The zero-order chi connectivity index (χ0) is 10.9. The largest absolute Gasteiger partial charge is 0.343 e. The van der Waals surface area contributed by atoms with Crippen LogP contribution in [-0.4, -0.2) is 29.9 Å². The Morgan fingerprint density at radius 1 is 1.40 bits per heavy atom. The summed E-state index contributed by atoms with van der Waals surface area (Å²) in [6.07, 6.45) is 6.63. The van der Waals surface area contributed by atoms with Crippen LogP contribution < -0.4 is 5.73 Å². The van der Waals surface area contributed by atoms with Crippen molar-refractivity contribution in [2.24, 2.45) is 11.1 Å². The van der Waals surface area contributed by atoms with Crippen molar-refractivity contribution in [1.29, 1.82) is 0 Å². The highest BCUT2D eigenvalue weighted by molar-refractivity contribution is 5.75. The summed E-state index contributed by atoms with van der Waals surface area (Å²) < 4.78 is 0. The molecule has 15 heavy (non-hydrogen) atoms. The van der Waals surface area contributed by atoms with E-state index in [0.29, 0.717) is 23.8 Å². The molecule has 0 aromatic rings. The first-order valence-corrected chi connectivity index (χ1v) is 6.21. The predicted octanol–water partition coefficient (Wildman–Crippen LogP) is 1.52. The molecule has 2 N–H and O–H groups in total. The number of amides is 1. The third-order valence-electron chi connectivity index (χ3n) is 4.39. The minimum Gasteiger partial charge on any atom is -0.343 e. The molecule has 1 spiro atoms. The molecule has 1 saturated carbocycles. The molecule has 0 radical (unpaired) electrons. The summed E-state index contributed by atoms with van der Waals surface area (Å²) in [5.74, 6) is 0.302. The molecule has 1 heterocycles. The van der Waals surface area contributed by atoms with E-state index < -0.39 is 0 Å². The normalized spacial score (nSPS) is 29.7. The number of likely N-dealkylation sites (tertiary alicyclic amines) is 1. The van der Waals surface area contributed by atoms with Crippen molar-refractivity contribution >= 4 is 5.91 Å². The van der Waals surface area contributed by atoms with Crippen LogP contribution in [0.4, 0.5) is 0 Å². The monoisotopic (exact) mass is 210 g/mol. The molecule has 1 atom stereocenters. The molecule has 86 valence electrons. The van der Waals surface area contributed by atoms with Gasteiger partial charge in [0.2, 0.25) is 5.91 Å². The van der Waals surface area contributed by atoms with E-state index in [9.17, 15) is 4.79 Å². The van der Waals surface area contributed by atoms with Gasteiger partial charge in [0.25, 0.3) is 0 Å². The molecule has 1 unspecified atom stereocenters. The van der Waals surface area contributed by atoms with Crippen LogP contribution in [0, 0.1) is 5.41 Å². The number of rotatable bonds is 1. The zero-order valence-corrected chi connectivity index (χ0v) is 9.67. The molecule has 1 amide bonds. The fourth-order valence-electron chi connectivity index (χ4n) is 3.21. The molecule has 0 aromatic heterocycles. The molecule has 2 aliphatic rings. The van der Waals surface area contributed by atoms with E-state index in [1.165, 1.54) is 19.3 Å². The molecule has 1 aliphatic heterocycles.